The van der Waals surface area contributed by atoms with Crippen LogP contribution >= 0.6 is 0 Å². The Hall–Kier alpha value is -3.65. The van der Waals surface area contributed by atoms with Gasteiger partial charge in [-0.15, -0.1) is 0 Å². The number of aromatic nitrogens is 1. The minimum atomic E-state index is -0.306. The monoisotopic (exact) mass is 423 g/mol. The largest absolute Gasteiger partial charge is 0.486 e. The number of hydrogen-bond acceptors (Lipinski definition) is 6. The zero-order valence-corrected chi connectivity index (χ0v) is 17.5. The predicted molar refractivity (Wildman–Crippen MR) is 115 cm³/mol. The summed E-state index contributed by atoms with van der Waals surface area (Å²) in [5, 5.41) is 9.36. The molecule has 0 unspecified atom stereocenters. The van der Waals surface area contributed by atoms with Gasteiger partial charge in [0.1, 0.15) is 12.4 Å². The highest BCUT2D eigenvalue weighted by molar-refractivity contribution is 6.04. The maximum Gasteiger partial charge on any atom is 0.273 e. The van der Waals surface area contributed by atoms with E-state index in [0.29, 0.717) is 35.9 Å². The van der Waals surface area contributed by atoms with E-state index in [2.05, 4.69) is 15.8 Å². The standard InChI is InChI=1S/C23H25N3O5/c1-16-5-3-6-17(13-16)22(27)25-18-7-9-19(10-8-18)30-15-20-14-21(26-31-20)23(28)24-11-4-12-29-2/h3,5-10,13-14H,4,11-12,15H2,1-2H3,(H,24,28)(H,25,27). The minimum absolute atomic E-state index is 0.124. The summed E-state index contributed by atoms with van der Waals surface area (Å²) in [5.41, 5.74) is 2.48. The Kier molecular flexibility index (Phi) is 7.78. The van der Waals surface area contributed by atoms with Crippen LogP contribution in [0.2, 0.25) is 0 Å². The van der Waals surface area contributed by atoms with Crippen molar-refractivity contribution in [3.8, 4) is 5.75 Å². The quantitative estimate of drug-likeness (QED) is 0.483. The summed E-state index contributed by atoms with van der Waals surface area (Å²) in [6.07, 6.45) is 0.720. The molecule has 31 heavy (non-hydrogen) atoms. The number of methoxy groups -OCH3 is 1. The molecule has 3 rings (SSSR count). The van der Waals surface area contributed by atoms with E-state index in [0.717, 1.165) is 12.0 Å². The lowest BCUT2D eigenvalue weighted by molar-refractivity contribution is 0.0938. The van der Waals surface area contributed by atoms with Crippen molar-refractivity contribution in [1.29, 1.82) is 0 Å². The molecule has 2 amide bonds. The average molecular weight is 423 g/mol. The first-order valence-electron chi connectivity index (χ1n) is 9.89. The highest BCUT2D eigenvalue weighted by Crippen LogP contribution is 2.18. The number of aryl methyl sites for hydroxylation is 1. The van der Waals surface area contributed by atoms with E-state index < -0.39 is 0 Å². The average Bonchev–Trinajstić information content (AvgIpc) is 3.25. The van der Waals surface area contributed by atoms with E-state index in [1.165, 1.54) is 0 Å². The lowest BCUT2D eigenvalue weighted by Gasteiger charge is -2.08. The van der Waals surface area contributed by atoms with Gasteiger partial charge in [-0.3, -0.25) is 9.59 Å². The maximum absolute atomic E-state index is 12.3. The summed E-state index contributed by atoms with van der Waals surface area (Å²) in [5.74, 6) is 0.543. The number of carbonyl (C=O) groups excluding carboxylic acids is 2. The van der Waals surface area contributed by atoms with Gasteiger partial charge in [-0.1, -0.05) is 22.9 Å². The van der Waals surface area contributed by atoms with Gasteiger partial charge in [0.2, 0.25) is 0 Å². The molecule has 0 spiro atoms. The molecule has 1 aromatic heterocycles. The lowest BCUT2D eigenvalue weighted by atomic mass is 10.1. The normalized spacial score (nSPS) is 10.5. The second-order valence-corrected chi connectivity index (χ2v) is 6.92. The maximum atomic E-state index is 12.3. The Morgan fingerprint density at radius 2 is 1.87 bits per heavy atom. The van der Waals surface area contributed by atoms with Gasteiger partial charge in [0.15, 0.2) is 11.5 Å². The fraction of sp³-hybridized carbons (Fsp3) is 0.261. The molecule has 0 fully saturated rings. The van der Waals surface area contributed by atoms with Crippen LogP contribution in [-0.2, 0) is 11.3 Å². The van der Waals surface area contributed by atoms with Gasteiger partial charge in [0, 0.05) is 37.6 Å². The number of nitrogens with one attached hydrogen (secondary N) is 2. The molecule has 0 aliphatic rings. The van der Waals surface area contributed by atoms with Crippen LogP contribution in [0.25, 0.3) is 0 Å². The van der Waals surface area contributed by atoms with Crippen LogP contribution in [0.5, 0.6) is 5.75 Å². The molecule has 0 saturated heterocycles. The van der Waals surface area contributed by atoms with Gasteiger partial charge in [-0.25, -0.2) is 0 Å². The molecule has 0 bridgehead atoms. The molecule has 2 N–H and O–H groups in total. The molecular weight excluding hydrogens is 398 g/mol. The molecular formula is C23H25N3O5. The van der Waals surface area contributed by atoms with E-state index in [9.17, 15) is 9.59 Å². The van der Waals surface area contributed by atoms with Crippen molar-refractivity contribution in [3.63, 3.8) is 0 Å². The molecule has 1 heterocycles. The highest BCUT2D eigenvalue weighted by Gasteiger charge is 2.12. The van der Waals surface area contributed by atoms with Gasteiger partial charge in [0.25, 0.3) is 11.8 Å². The van der Waals surface area contributed by atoms with Crippen LogP contribution in [0.4, 0.5) is 5.69 Å². The number of nitrogens with zero attached hydrogens (tertiary/aromatic N) is 1. The molecule has 3 aromatic rings. The Bertz CT molecular complexity index is 1010. The molecule has 8 nitrogen and oxygen atoms in total. The number of carbonyl (C=O) groups is 2. The summed E-state index contributed by atoms with van der Waals surface area (Å²) < 4.78 is 15.8. The second-order valence-electron chi connectivity index (χ2n) is 6.92. The molecule has 0 atom stereocenters. The number of rotatable bonds is 10. The first-order valence-corrected chi connectivity index (χ1v) is 9.89. The van der Waals surface area contributed by atoms with Crippen molar-refractivity contribution in [2.24, 2.45) is 0 Å². The van der Waals surface area contributed by atoms with Gasteiger partial charge < -0.3 is 24.6 Å². The van der Waals surface area contributed by atoms with E-state index in [1.54, 1.807) is 43.5 Å². The van der Waals surface area contributed by atoms with E-state index in [4.69, 9.17) is 14.0 Å². The molecule has 2 aromatic carbocycles. The Morgan fingerprint density at radius 1 is 1.06 bits per heavy atom. The molecule has 0 aliphatic heterocycles. The van der Waals surface area contributed by atoms with Crippen LogP contribution in [0.15, 0.2) is 59.1 Å². The first kappa shape index (κ1) is 22.0. The van der Waals surface area contributed by atoms with Gasteiger partial charge in [-0.2, -0.15) is 0 Å². The van der Waals surface area contributed by atoms with Gasteiger partial charge in [0.05, 0.1) is 0 Å². The van der Waals surface area contributed by atoms with Crippen LogP contribution in [0.1, 0.15) is 38.6 Å². The number of ether oxygens (including phenoxy) is 2. The van der Waals surface area contributed by atoms with Gasteiger partial charge >= 0.3 is 0 Å². The van der Waals surface area contributed by atoms with Crippen LogP contribution in [0.3, 0.4) is 0 Å². The third kappa shape index (κ3) is 6.68. The SMILES string of the molecule is COCCCNC(=O)c1cc(COc2ccc(NC(=O)c3cccc(C)c3)cc2)on1. The summed E-state index contributed by atoms with van der Waals surface area (Å²) in [4.78, 5) is 24.3. The number of anilines is 1. The van der Waals surface area contributed by atoms with Gasteiger partial charge in [-0.05, 0) is 49.7 Å². The zero-order chi connectivity index (χ0) is 22.1. The van der Waals surface area contributed by atoms with E-state index in [-0.39, 0.29) is 24.1 Å². The minimum Gasteiger partial charge on any atom is -0.486 e. The smallest absolute Gasteiger partial charge is 0.273 e. The van der Waals surface area contributed by atoms with E-state index >= 15 is 0 Å². The zero-order valence-electron chi connectivity index (χ0n) is 17.5. The Morgan fingerprint density at radius 3 is 2.61 bits per heavy atom. The van der Waals surface area contributed by atoms with Crippen molar-refractivity contribution >= 4 is 17.5 Å². The molecule has 162 valence electrons. The first-order chi connectivity index (χ1) is 15.0. The molecule has 0 radical (unpaired) electrons. The summed E-state index contributed by atoms with van der Waals surface area (Å²) in [6.45, 7) is 3.14. The van der Waals surface area contributed by atoms with Crippen molar-refractivity contribution in [2.45, 2.75) is 20.0 Å². The Balaban J connectivity index is 1.48. The fourth-order valence-corrected chi connectivity index (χ4v) is 2.78. The van der Waals surface area contributed by atoms with Crippen molar-refractivity contribution in [1.82, 2.24) is 10.5 Å². The van der Waals surface area contributed by atoms with Crippen molar-refractivity contribution < 1.29 is 23.6 Å². The predicted octanol–water partition coefficient (Wildman–Crippen LogP) is 3.58. The van der Waals surface area contributed by atoms with Crippen molar-refractivity contribution in [3.05, 3.63) is 77.2 Å². The summed E-state index contributed by atoms with van der Waals surface area (Å²) in [7, 11) is 1.61. The second kappa shape index (κ2) is 10.9. The summed E-state index contributed by atoms with van der Waals surface area (Å²) in [6, 6.07) is 15.9. The summed E-state index contributed by atoms with van der Waals surface area (Å²) >= 11 is 0. The van der Waals surface area contributed by atoms with Crippen LogP contribution < -0.4 is 15.4 Å². The lowest BCUT2D eigenvalue weighted by Crippen LogP contribution is -2.25. The number of amides is 2. The number of benzene rings is 2. The number of hydrogen-bond donors (Lipinski definition) is 2. The molecule has 0 saturated carbocycles. The Labute approximate surface area is 180 Å². The third-order valence-corrected chi connectivity index (χ3v) is 4.38. The van der Waals surface area contributed by atoms with Crippen molar-refractivity contribution in [2.75, 3.05) is 25.6 Å². The topological polar surface area (TPSA) is 103 Å². The van der Waals surface area contributed by atoms with Crippen LogP contribution in [0, 0.1) is 6.92 Å². The molecule has 8 heteroatoms. The van der Waals surface area contributed by atoms with Crippen LogP contribution in [-0.4, -0.2) is 37.2 Å². The molecule has 0 aliphatic carbocycles. The highest BCUT2D eigenvalue weighted by atomic mass is 16.5. The fourth-order valence-electron chi connectivity index (χ4n) is 2.78. The van der Waals surface area contributed by atoms with E-state index in [1.807, 2.05) is 25.1 Å². The third-order valence-electron chi connectivity index (χ3n) is 4.38.